The fourth-order valence-electron chi connectivity index (χ4n) is 1.25. The minimum Gasteiger partial charge on any atom is -0.224 e. The summed E-state index contributed by atoms with van der Waals surface area (Å²) in [4.78, 5) is 4.26. The third kappa shape index (κ3) is 2.00. The molecule has 4 heteroatoms. The van der Waals surface area contributed by atoms with Crippen molar-refractivity contribution in [3.63, 3.8) is 0 Å². The van der Waals surface area contributed by atoms with Gasteiger partial charge in [0.2, 0.25) is 0 Å². The van der Waals surface area contributed by atoms with Crippen LogP contribution >= 0.6 is 38.9 Å². The van der Waals surface area contributed by atoms with E-state index in [1.807, 2.05) is 12.1 Å². The molecule has 0 radical (unpaired) electrons. The lowest BCUT2D eigenvalue weighted by Gasteiger charge is -1.98. The van der Waals surface area contributed by atoms with Gasteiger partial charge in [-0.05, 0) is 28.9 Å². The Balaban J connectivity index is 2.54. The number of benzene rings is 1. The van der Waals surface area contributed by atoms with Crippen LogP contribution in [0.5, 0.6) is 0 Å². The van der Waals surface area contributed by atoms with E-state index in [-0.39, 0.29) is 0 Å². The molecule has 0 spiro atoms. The van der Waals surface area contributed by atoms with Gasteiger partial charge in [0.1, 0.15) is 0 Å². The Morgan fingerprint density at radius 2 is 2.21 bits per heavy atom. The van der Waals surface area contributed by atoms with Gasteiger partial charge in [-0.25, -0.2) is 4.98 Å². The molecule has 0 unspecified atom stereocenters. The van der Waals surface area contributed by atoms with Gasteiger partial charge in [-0.1, -0.05) is 46.7 Å². The minimum atomic E-state index is 0.563. The molecule has 2 rings (SSSR count). The number of aromatic nitrogens is 1. The summed E-state index contributed by atoms with van der Waals surface area (Å²) < 4.78 is 1.54. The molecule has 2 aromatic rings. The first-order valence-electron chi connectivity index (χ1n) is 4.05. The molecule has 1 nitrogen and oxygen atoms in total. The van der Waals surface area contributed by atoms with Crippen molar-refractivity contribution in [2.75, 3.05) is 0 Å². The number of aryl methyl sites for hydroxylation is 1. The predicted molar refractivity (Wildman–Crippen MR) is 65.0 cm³/mol. The van der Waals surface area contributed by atoms with Crippen molar-refractivity contribution >= 4 is 38.9 Å². The molecule has 0 bridgehead atoms. The van der Waals surface area contributed by atoms with E-state index in [0.717, 1.165) is 15.0 Å². The van der Waals surface area contributed by atoms with Crippen LogP contribution in [0.15, 0.2) is 28.1 Å². The van der Waals surface area contributed by atoms with E-state index in [1.54, 1.807) is 0 Å². The van der Waals surface area contributed by atoms with E-state index in [4.69, 9.17) is 11.6 Å². The summed E-state index contributed by atoms with van der Waals surface area (Å²) in [6.45, 7) is 2.06. The van der Waals surface area contributed by atoms with E-state index in [1.165, 1.54) is 16.9 Å². The van der Waals surface area contributed by atoms with Crippen LogP contribution in [-0.4, -0.2) is 4.98 Å². The van der Waals surface area contributed by atoms with Crippen molar-refractivity contribution in [2.24, 2.45) is 0 Å². The van der Waals surface area contributed by atoms with E-state index >= 15 is 0 Å². The van der Waals surface area contributed by atoms with Crippen LogP contribution in [0, 0.1) is 6.92 Å². The van der Waals surface area contributed by atoms with Crippen molar-refractivity contribution in [3.8, 4) is 11.3 Å². The van der Waals surface area contributed by atoms with Crippen LogP contribution in [0.4, 0.5) is 0 Å². The molecule has 0 saturated carbocycles. The number of hydrogen-bond acceptors (Lipinski definition) is 2. The molecule has 0 fully saturated rings. The number of halogens is 2. The van der Waals surface area contributed by atoms with Crippen molar-refractivity contribution in [3.05, 3.63) is 38.1 Å². The molecule has 0 saturated heterocycles. The van der Waals surface area contributed by atoms with Crippen LogP contribution in [-0.2, 0) is 0 Å². The van der Waals surface area contributed by atoms with Gasteiger partial charge in [0.25, 0.3) is 0 Å². The highest BCUT2D eigenvalue weighted by atomic mass is 79.9. The summed E-state index contributed by atoms with van der Waals surface area (Å²) in [6.07, 6.45) is 0. The van der Waals surface area contributed by atoms with Gasteiger partial charge in [-0.3, -0.25) is 0 Å². The van der Waals surface area contributed by atoms with Crippen LogP contribution < -0.4 is 0 Å². The number of rotatable bonds is 1. The molecule has 1 heterocycles. The molecule has 14 heavy (non-hydrogen) atoms. The van der Waals surface area contributed by atoms with E-state index in [0.29, 0.717) is 4.47 Å². The lowest BCUT2D eigenvalue weighted by molar-refractivity contribution is 1.38. The van der Waals surface area contributed by atoms with E-state index < -0.39 is 0 Å². The summed E-state index contributed by atoms with van der Waals surface area (Å²) in [5.41, 5.74) is 3.24. The third-order valence-electron chi connectivity index (χ3n) is 1.85. The summed E-state index contributed by atoms with van der Waals surface area (Å²) >= 11 is 10.7. The first-order valence-corrected chi connectivity index (χ1v) is 6.04. The summed E-state index contributed by atoms with van der Waals surface area (Å²) in [7, 11) is 0. The fourth-order valence-corrected chi connectivity index (χ4v) is 3.17. The molecular formula is C10H7BrClNS. The van der Waals surface area contributed by atoms with Crippen molar-refractivity contribution in [1.82, 2.24) is 4.98 Å². The van der Waals surface area contributed by atoms with Gasteiger partial charge >= 0.3 is 0 Å². The topological polar surface area (TPSA) is 12.9 Å². The maximum Gasteiger partial charge on any atom is 0.185 e. The molecular weight excluding hydrogens is 282 g/mol. The zero-order chi connectivity index (χ0) is 10.1. The highest BCUT2D eigenvalue weighted by Crippen LogP contribution is 2.35. The van der Waals surface area contributed by atoms with Crippen LogP contribution in [0.3, 0.4) is 0 Å². The molecule has 1 aromatic heterocycles. The van der Waals surface area contributed by atoms with E-state index in [2.05, 4.69) is 40.0 Å². The standard InChI is InChI=1S/C10H7BrClNS/c1-6-3-2-4-7(5-6)8-9(11)14-10(12)13-8/h2-5H,1H3. The largest absolute Gasteiger partial charge is 0.224 e. The Morgan fingerprint density at radius 1 is 1.43 bits per heavy atom. The maximum absolute atomic E-state index is 5.83. The number of hydrogen-bond donors (Lipinski definition) is 0. The lowest BCUT2D eigenvalue weighted by Crippen LogP contribution is -1.79. The molecule has 0 aliphatic heterocycles. The van der Waals surface area contributed by atoms with Crippen LogP contribution in [0.1, 0.15) is 5.56 Å². The maximum atomic E-state index is 5.83. The second-order valence-corrected chi connectivity index (χ2v) is 5.86. The average Bonchev–Trinajstić information content (AvgIpc) is 2.45. The molecule has 0 aliphatic carbocycles. The summed E-state index contributed by atoms with van der Waals surface area (Å²) in [5.74, 6) is 0. The Kier molecular flexibility index (Phi) is 2.91. The predicted octanol–water partition coefficient (Wildman–Crippen LogP) is 4.53. The van der Waals surface area contributed by atoms with Crippen molar-refractivity contribution < 1.29 is 0 Å². The molecule has 0 N–H and O–H groups in total. The highest BCUT2D eigenvalue weighted by molar-refractivity contribution is 9.11. The van der Waals surface area contributed by atoms with Gasteiger partial charge in [0.15, 0.2) is 4.47 Å². The van der Waals surface area contributed by atoms with Gasteiger partial charge in [0, 0.05) is 5.56 Å². The van der Waals surface area contributed by atoms with Crippen molar-refractivity contribution in [2.45, 2.75) is 6.92 Å². The average molecular weight is 289 g/mol. The molecule has 1 aromatic carbocycles. The van der Waals surface area contributed by atoms with Gasteiger partial charge < -0.3 is 0 Å². The summed E-state index contributed by atoms with van der Waals surface area (Å²) in [6, 6.07) is 8.20. The second-order valence-electron chi connectivity index (χ2n) is 2.96. The lowest BCUT2D eigenvalue weighted by atomic mass is 10.1. The fraction of sp³-hybridized carbons (Fsp3) is 0.100. The first kappa shape index (κ1) is 10.1. The first-order chi connectivity index (χ1) is 6.66. The Labute approximate surface area is 99.9 Å². The van der Waals surface area contributed by atoms with Gasteiger partial charge in [0.05, 0.1) is 9.48 Å². The Hall–Kier alpha value is -0.380. The Morgan fingerprint density at radius 3 is 2.79 bits per heavy atom. The summed E-state index contributed by atoms with van der Waals surface area (Å²) in [5, 5.41) is 0. The zero-order valence-electron chi connectivity index (χ0n) is 7.42. The van der Waals surface area contributed by atoms with Crippen LogP contribution in [0.2, 0.25) is 4.47 Å². The molecule has 0 amide bonds. The van der Waals surface area contributed by atoms with Crippen LogP contribution in [0.25, 0.3) is 11.3 Å². The highest BCUT2D eigenvalue weighted by Gasteiger charge is 2.09. The quantitative estimate of drug-likeness (QED) is 0.751. The van der Waals surface area contributed by atoms with Gasteiger partial charge in [-0.2, -0.15) is 0 Å². The third-order valence-corrected chi connectivity index (χ3v) is 3.66. The molecule has 0 atom stereocenters. The Bertz CT molecular complexity index is 467. The molecule has 0 aliphatic rings. The molecule has 72 valence electrons. The van der Waals surface area contributed by atoms with Crippen molar-refractivity contribution in [1.29, 1.82) is 0 Å². The second kappa shape index (κ2) is 4.01. The normalized spacial score (nSPS) is 10.5. The monoisotopic (exact) mass is 287 g/mol. The zero-order valence-corrected chi connectivity index (χ0v) is 10.6. The van der Waals surface area contributed by atoms with E-state index in [9.17, 15) is 0 Å². The SMILES string of the molecule is Cc1cccc(-c2nc(Cl)sc2Br)c1. The minimum absolute atomic E-state index is 0.563. The smallest absolute Gasteiger partial charge is 0.185 e. The number of nitrogens with zero attached hydrogens (tertiary/aromatic N) is 1. The van der Waals surface area contributed by atoms with Gasteiger partial charge in [-0.15, -0.1) is 0 Å². The number of thiazole rings is 1.